The molecule has 0 radical (unpaired) electrons. The number of aryl methyl sites for hydroxylation is 1. The van der Waals surface area contributed by atoms with Crippen LogP contribution in [0.1, 0.15) is 23.2 Å². The Hall–Kier alpha value is -2.92. The monoisotopic (exact) mass is 366 g/mol. The van der Waals surface area contributed by atoms with Crippen LogP contribution in [-0.2, 0) is 0 Å². The van der Waals surface area contributed by atoms with Crippen LogP contribution in [0.4, 0.5) is 17.2 Å². The number of nitrogens with zero attached hydrogens (tertiary/aromatic N) is 3. The Bertz CT molecular complexity index is 915. The summed E-state index contributed by atoms with van der Waals surface area (Å²) in [7, 11) is 0. The maximum absolute atomic E-state index is 13.0. The highest BCUT2D eigenvalue weighted by atomic mass is 35.5. The van der Waals surface area contributed by atoms with Crippen molar-refractivity contribution < 1.29 is 4.79 Å². The molecule has 0 fully saturated rings. The number of halogens is 1. The van der Waals surface area contributed by atoms with Crippen LogP contribution >= 0.6 is 11.6 Å². The van der Waals surface area contributed by atoms with Gasteiger partial charge in [-0.3, -0.25) is 4.79 Å². The van der Waals surface area contributed by atoms with Crippen molar-refractivity contribution in [1.29, 1.82) is 0 Å². The van der Waals surface area contributed by atoms with Crippen LogP contribution in [0.15, 0.2) is 60.7 Å². The average molecular weight is 367 g/mol. The fraction of sp³-hybridized carbons (Fsp3) is 0.150. The molecule has 2 aromatic carbocycles. The van der Waals surface area contributed by atoms with E-state index < -0.39 is 0 Å². The van der Waals surface area contributed by atoms with E-state index in [-0.39, 0.29) is 5.91 Å². The first-order chi connectivity index (χ1) is 12.6. The van der Waals surface area contributed by atoms with Crippen LogP contribution < -0.4 is 10.2 Å². The fourth-order valence-corrected chi connectivity index (χ4v) is 2.81. The largest absolute Gasteiger partial charge is 0.339 e. The summed E-state index contributed by atoms with van der Waals surface area (Å²) in [5, 5.41) is 3.73. The molecule has 0 unspecified atom stereocenters. The Morgan fingerprint density at radius 1 is 1.08 bits per heavy atom. The molecule has 0 aliphatic heterocycles. The number of hydrogen-bond donors (Lipinski definition) is 1. The minimum Gasteiger partial charge on any atom is -0.339 e. The van der Waals surface area contributed by atoms with Crippen LogP contribution in [-0.4, -0.2) is 22.4 Å². The first-order valence-electron chi connectivity index (χ1n) is 8.32. The number of nitrogens with one attached hydrogen (secondary N) is 1. The number of hydrogen-bond acceptors (Lipinski definition) is 4. The molecule has 0 spiro atoms. The standard InChI is InChI=1S/C20H19ClN4O/c1-3-25(15-9-5-4-6-10-15)20(26)18-13-19(23-14(2)22-18)24-17-12-8-7-11-16(17)21/h4-13H,3H2,1-2H3,(H,22,23,24). The van der Waals surface area contributed by atoms with E-state index in [9.17, 15) is 4.79 Å². The van der Waals surface area contributed by atoms with Gasteiger partial charge in [0.1, 0.15) is 17.3 Å². The normalized spacial score (nSPS) is 10.4. The highest BCUT2D eigenvalue weighted by molar-refractivity contribution is 6.33. The molecule has 3 aromatic rings. The third kappa shape index (κ3) is 4.00. The summed E-state index contributed by atoms with van der Waals surface area (Å²) in [6.45, 7) is 4.23. The van der Waals surface area contributed by atoms with Crippen molar-refractivity contribution in [1.82, 2.24) is 9.97 Å². The predicted octanol–water partition coefficient (Wildman–Crippen LogP) is 4.85. The average Bonchev–Trinajstić information content (AvgIpc) is 2.64. The van der Waals surface area contributed by atoms with E-state index in [0.717, 1.165) is 11.4 Å². The molecule has 0 aliphatic rings. The van der Waals surface area contributed by atoms with Gasteiger partial charge in [-0.05, 0) is 38.1 Å². The molecule has 0 bridgehead atoms. The lowest BCUT2D eigenvalue weighted by Crippen LogP contribution is -2.31. The quantitative estimate of drug-likeness (QED) is 0.701. The molecule has 0 aliphatic carbocycles. The summed E-state index contributed by atoms with van der Waals surface area (Å²) < 4.78 is 0. The Kier molecular flexibility index (Phi) is 5.49. The number of benzene rings is 2. The Morgan fingerprint density at radius 3 is 2.46 bits per heavy atom. The third-order valence-corrected chi connectivity index (χ3v) is 4.15. The van der Waals surface area contributed by atoms with Gasteiger partial charge in [0.15, 0.2) is 0 Å². The molecule has 1 heterocycles. The molecule has 0 saturated carbocycles. The van der Waals surface area contributed by atoms with Gasteiger partial charge in [0.05, 0.1) is 10.7 Å². The van der Waals surface area contributed by atoms with E-state index in [1.54, 1.807) is 24.0 Å². The minimum atomic E-state index is -0.175. The van der Waals surface area contributed by atoms with E-state index >= 15 is 0 Å². The van der Waals surface area contributed by atoms with Crippen LogP contribution in [0.3, 0.4) is 0 Å². The van der Waals surface area contributed by atoms with Crippen LogP contribution in [0.5, 0.6) is 0 Å². The van der Waals surface area contributed by atoms with Crippen LogP contribution in [0, 0.1) is 6.92 Å². The number of carbonyl (C=O) groups excluding carboxylic acids is 1. The van der Waals surface area contributed by atoms with Crippen molar-refractivity contribution in [3.8, 4) is 0 Å². The fourth-order valence-electron chi connectivity index (χ4n) is 2.63. The summed E-state index contributed by atoms with van der Waals surface area (Å²) in [6, 6.07) is 18.5. The van der Waals surface area contributed by atoms with Gasteiger partial charge >= 0.3 is 0 Å². The van der Waals surface area contributed by atoms with Crippen molar-refractivity contribution in [2.24, 2.45) is 0 Å². The summed E-state index contributed by atoms with van der Waals surface area (Å²) in [6.07, 6.45) is 0. The molecule has 1 aromatic heterocycles. The Balaban J connectivity index is 1.91. The van der Waals surface area contributed by atoms with E-state index in [2.05, 4.69) is 15.3 Å². The van der Waals surface area contributed by atoms with Gasteiger partial charge in [0, 0.05) is 18.3 Å². The summed E-state index contributed by atoms with van der Waals surface area (Å²) in [5.74, 6) is 0.860. The van der Waals surface area contributed by atoms with Gasteiger partial charge in [-0.2, -0.15) is 0 Å². The topological polar surface area (TPSA) is 58.1 Å². The number of rotatable bonds is 5. The third-order valence-electron chi connectivity index (χ3n) is 3.82. The van der Waals surface area contributed by atoms with Crippen molar-refractivity contribution in [2.75, 3.05) is 16.8 Å². The number of amides is 1. The van der Waals surface area contributed by atoms with E-state index in [1.165, 1.54) is 0 Å². The molecule has 0 atom stereocenters. The van der Waals surface area contributed by atoms with Gasteiger partial charge < -0.3 is 10.2 Å². The maximum Gasteiger partial charge on any atom is 0.277 e. The van der Waals surface area contributed by atoms with Gasteiger partial charge in [-0.15, -0.1) is 0 Å². The Labute approximate surface area is 157 Å². The highest BCUT2D eigenvalue weighted by Gasteiger charge is 2.19. The molecular formula is C20H19ClN4O. The van der Waals surface area contributed by atoms with E-state index in [1.807, 2.05) is 55.5 Å². The zero-order chi connectivity index (χ0) is 18.5. The lowest BCUT2D eigenvalue weighted by molar-refractivity contribution is 0.0983. The van der Waals surface area contributed by atoms with Crippen LogP contribution in [0.2, 0.25) is 5.02 Å². The highest BCUT2D eigenvalue weighted by Crippen LogP contribution is 2.24. The van der Waals surface area contributed by atoms with E-state index in [4.69, 9.17) is 11.6 Å². The number of para-hydroxylation sites is 2. The lowest BCUT2D eigenvalue weighted by Gasteiger charge is -2.21. The second-order valence-corrected chi connectivity index (χ2v) is 6.08. The second kappa shape index (κ2) is 7.97. The number of aromatic nitrogens is 2. The van der Waals surface area contributed by atoms with Gasteiger partial charge in [-0.1, -0.05) is 41.9 Å². The zero-order valence-corrected chi connectivity index (χ0v) is 15.4. The Morgan fingerprint density at radius 2 is 1.77 bits per heavy atom. The molecule has 3 rings (SSSR count). The summed E-state index contributed by atoms with van der Waals surface area (Å²) >= 11 is 6.19. The van der Waals surface area contributed by atoms with Crippen molar-refractivity contribution in [3.05, 3.63) is 77.2 Å². The molecule has 1 N–H and O–H groups in total. The van der Waals surface area contributed by atoms with Gasteiger partial charge in [0.25, 0.3) is 5.91 Å². The molecule has 132 valence electrons. The SMILES string of the molecule is CCN(C(=O)c1cc(Nc2ccccc2Cl)nc(C)n1)c1ccccc1. The smallest absolute Gasteiger partial charge is 0.277 e. The number of carbonyl (C=O) groups is 1. The molecule has 6 heteroatoms. The molecule has 5 nitrogen and oxygen atoms in total. The summed E-state index contributed by atoms with van der Waals surface area (Å²) in [4.78, 5) is 23.3. The second-order valence-electron chi connectivity index (χ2n) is 5.68. The van der Waals surface area contributed by atoms with Gasteiger partial charge in [-0.25, -0.2) is 9.97 Å². The molecule has 1 amide bonds. The zero-order valence-electron chi connectivity index (χ0n) is 14.6. The summed E-state index contributed by atoms with van der Waals surface area (Å²) in [5.41, 5.74) is 1.88. The molecule has 26 heavy (non-hydrogen) atoms. The predicted molar refractivity (Wildman–Crippen MR) is 105 cm³/mol. The molecular weight excluding hydrogens is 348 g/mol. The van der Waals surface area contributed by atoms with Crippen molar-refractivity contribution >= 4 is 34.7 Å². The maximum atomic E-state index is 13.0. The lowest BCUT2D eigenvalue weighted by atomic mass is 10.2. The van der Waals surface area contributed by atoms with Crippen molar-refractivity contribution in [2.45, 2.75) is 13.8 Å². The minimum absolute atomic E-state index is 0.175. The van der Waals surface area contributed by atoms with Crippen molar-refractivity contribution in [3.63, 3.8) is 0 Å². The number of anilines is 3. The first-order valence-corrected chi connectivity index (χ1v) is 8.70. The van der Waals surface area contributed by atoms with Crippen LogP contribution in [0.25, 0.3) is 0 Å². The first kappa shape index (κ1) is 17.9. The van der Waals surface area contributed by atoms with E-state index in [0.29, 0.717) is 28.9 Å². The molecule has 0 saturated heterocycles. The van der Waals surface area contributed by atoms with Gasteiger partial charge in [0.2, 0.25) is 0 Å².